The zero-order valence-electron chi connectivity index (χ0n) is 17.6. The average Bonchev–Trinajstić information content (AvgIpc) is 2.67. The highest BCUT2D eigenvalue weighted by atomic mass is 16.5. The van der Waals surface area contributed by atoms with Crippen LogP contribution in [0.25, 0.3) is 0 Å². The second-order valence-corrected chi connectivity index (χ2v) is 6.80. The minimum absolute atomic E-state index is 0.109. The third-order valence-electron chi connectivity index (χ3n) is 4.64. The van der Waals surface area contributed by atoms with Crippen LogP contribution in [0.2, 0.25) is 0 Å². The Morgan fingerprint density at radius 3 is 2.46 bits per heavy atom. The number of esters is 1. The molecule has 0 heterocycles. The number of carbonyl (C=O) groups excluding carboxylic acids is 3. The Hall–Kier alpha value is -2.63. The molecule has 6 nitrogen and oxygen atoms in total. The smallest absolute Gasteiger partial charge is 0.328 e. The molecule has 1 rings (SSSR count). The Morgan fingerprint density at radius 1 is 1.14 bits per heavy atom. The molecule has 154 valence electrons. The van der Waals surface area contributed by atoms with Crippen LogP contribution < -0.4 is 10.6 Å². The molecule has 28 heavy (non-hydrogen) atoms. The van der Waals surface area contributed by atoms with Gasteiger partial charge in [-0.15, -0.1) is 0 Å². The van der Waals surface area contributed by atoms with E-state index in [4.69, 9.17) is 4.74 Å². The van der Waals surface area contributed by atoms with Crippen LogP contribution in [0.1, 0.15) is 61.5 Å². The van der Waals surface area contributed by atoms with Crippen LogP contribution in [0, 0.1) is 13.8 Å². The summed E-state index contributed by atoms with van der Waals surface area (Å²) in [5.74, 6) is -0.815. The number of aryl methyl sites for hydroxylation is 2. The molecule has 0 saturated heterocycles. The zero-order chi connectivity index (χ0) is 21.1. The number of carbonyl (C=O) groups is 3. The van der Waals surface area contributed by atoms with E-state index in [9.17, 15) is 14.4 Å². The van der Waals surface area contributed by atoms with Gasteiger partial charge in [-0.1, -0.05) is 12.1 Å². The van der Waals surface area contributed by atoms with Gasteiger partial charge in [0.25, 0.3) is 5.91 Å². The predicted octanol–water partition coefficient (Wildman–Crippen LogP) is 3.22. The summed E-state index contributed by atoms with van der Waals surface area (Å²) in [4.78, 5) is 36.3. The molecule has 0 saturated carbocycles. The van der Waals surface area contributed by atoms with Gasteiger partial charge in [-0.3, -0.25) is 9.59 Å². The molecule has 0 unspecified atom stereocenters. The highest BCUT2D eigenvalue weighted by Crippen LogP contribution is 2.10. The summed E-state index contributed by atoms with van der Waals surface area (Å²) in [5, 5.41) is 5.61. The van der Waals surface area contributed by atoms with Gasteiger partial charge in [0.1, 0.15) is 6.04 Å². The van der Waals surface area contributed by atoms with Gasteiger partial charge < -0.3 is 15.4 Å². The van der Waals surface area contributed by atoms with E-state index in [1.807, 2.05) is 32.0 Å². The fourth-order valence-electron chi connectivity index (χ4n) is 2.56. The first kappa shape index (κ1) is 23.4. The average molecular weight is 389 g/mol. The number of rotatable bonds is 10. The van der Waals surface area contributed by atoms with E-state index in [1.54, 1.807) is 26.8 Å². The Labute approximate surface area is 167 Å². The van der Waals surface area contributed by atoms with Crippen molar-refractivity contribution in [2.75, 3.05) is 13.2 Å². The fourth-order valence-corrected chi connectivity index (χ4v) is 2.56. The van der Waals surface area contributed by atoms with Gasteiger partial charge in [0.05, 0.1) is 6.61 Å². The fraction of sp³-hybridized carbons (Fsp3) is 0.500. The standard InChI is InChI=1S/C22H32N2O4/c1-6-15(3)20(25)24-19(22(27)28-7-2)10-8-9-13-23-21(26)18-12-11-16(4)17(5)14-18/h6,11-12,14,19H,7-10,13H2,1-5H3,(H,23,26)(H,24,25)/b15-6+/t19-/m0/s1. The highest BCUT2D eigenvalue weighted by Gasteiger charge is 2.22. The van der Waals surface area contributed by atoms with E-state index >= 15 is 0 Å². The van der Waals surface area contributed by atoms with E-state index in [1.165, 1.54) is 0 Å². The Bertz CT molecular complexity index is 725. The van der Waals surface area contributed by atoms with Crippen LogP contribution in [0.4, 0.5) is 0 Å². The van der Waals surface area contributed by atoms with Crippen LogP contribution in [-0.2, 0) is 14.3 Å². The first-order chi connectivity index (χ1) is 13.3. The molecule has 1 aromatic carbocycles. The second kappa shape index (κ2) is 12.0. The van der Waals surface area contributed by atoms with Gasteiger partial charge in [0.15, 0.2) is 0 Å². The monoisotopic (exact) mass is 388 g/mol. The number of nitrogens with one attached hydrogen (secondary N) is 2. The highest BCUT2D eigenvalue weighted by molar-refractivity contribution is 5.95. The summed E-state index contributed by atoms with van der Waals surface area (Å²) < 4.78 is 5.05. The van der Waals surface area contributed by atoms with Gasteiger partial charge in [0, 0.05) is 17.7 Å². The molecule has 0 aliphatic carbocycles. The first-order valence-corrected chi connectivity index (χ1v) is 9.76. The SMILES string of the molecule is C/C=C(\C)C(=O)N[C@@H](CCCCNC(=O)c1ccc(C)c(C)c1)C(=O)OCC. The minimum Gasteiger partial charge on any atom is -0.464 e. The molecule has 1 aromatic rings. The van der Waals surface area contributed by atoms with Crippen LogP contribution >= 0.6 is 0 Å². The topological polar surface area (TPSA) is 84.5 Å². The molecule has 0 fully saturated rings. The molecule has 2 amide bonds. The number of allylic oxidation sites excluding steroid dienone is 1. The summed E-state index contributed by atoms with van der Waals surface area (Å²) >= 11 is 0. The molecule has 0 radical (unpaired) electrons. The maximum Gasteiger partial charge on any atom is 0.328 e. The quantitative estimate of drug-likeness (QED) is 0.366. The van der Waals surface area contributed by atoms with Crippen molar-refractivity contribution in [3.63, 3.8) is 0 Å². The molecule has 6 heteroatoms. The summed E-state index contributed by atoms with van der Waals surface area (Å²) in [7, 11) is 0. The van der Waals surface area contributed by atoms with Crippen molar-refractivity contribution >= 4 is 17.8 Å². The lowest BCUT2D eigenvalue weighted by Gasteiger charge is -2.17. The van der Waals surface area contributed by atoms with E-state index < -0.39 is 12.0 Å². The number of benzene rings is 1. The van der Waals surface area contributed by atoms with Crippen molar-refractivity contribution in [3.05, 3.63) is 46.5 Å². The van der Waals surface area contributed by atoms with Crippen LogP contribution in [-0.4, -0.2) is 37.0 Å². The molecular formula is C22H32N2O4. The number of hydrogen-bond acceptors (Lipinski definition) is 4. The van der Waals surface area contributed by atoms with Crippen molar-refractivity contribution in [2.45, 2.75) is 59.9 Å². The second-order valence-electron chi connectivity index (χ2n) is 6.80. The van der Waals surface area contributed by atoms with Gasteiger partial charge in [-0.2, -0.15) is 0 Å². The Balaban J connectivity index is 2.48. The third-order valence-corrected chi connectivity index (χ3v) is 4.64. The van der Waals surface area contributed by atoms with Crippen molar-refractivity contribution in [2.24, 2.45) is 0 Å². The van der Waals surface area contributed by atoms with Gasteiger partial charge in [-0.25, -0.2) is 4.79 Å². The maximum absolute atomic E-state index is 12.2. The third kappa shape index (κ3) is 7.55. The lowest BCUT2D eigenvalue weighted by Crippen LogP contribution is -2.42. The summed E-state index contributed by atoms with van der Waals surface area (Å²) in [5.41, 5.74) is 3.42. The minimum atomic E-state index is -0.683. The lowest BCUT2D eigenvalue weighted by atomic mass is 10.1. The Kier molecular flexibility index (Phi) is 9.99. The van der Waals surface area contributed by atoms with Gasteiger partial charge >= 0.3 is 5.97 Å². The predicted molar refractivity (Wildman–Crippen MR) is 110 cm³/mol. The number of amides is 2. The summed E-state index contributed by atoms with van der Waals surface area (Å²) in [6.07, 6.45) is 3.53. The number of ether oxygens (including phenoxy) is 1. The molecule has 2 N–H and O–H groups in total. The molecule has 0 aromatic heterocycles. The summed E-state index contributed by atoms with van der Waals surface area (Å²) in [6.45, 7) is 9.95. The molecule has 0 aliphatic rings. The first-order valence-electron chi connectivity index (χ1n) is 9.76. The molecule has 0 bridgehead atoms. The van der Waals surface area contributed by atoms with E-state index in [0.29, 0.717) is 36.9 Å². The van der Waals surface area contributed by atoms with Crippen molar-refractivity contribution < 1.29 is 19.1 Å². The van der Waals surface area contributed by atoms with Crippen molar-refractivity contribution in [3.8, 4) is 0 Å². The maximum atomic E-state index is 12.2. The lowest BCUT2D eigenvalue weighted by molar-refractivity contribution is -0.147. The number of hydrogen-bond donors (Lipinski definition) is 2. The van der Waals surface area contributed by atoms with E-state index in [0.717, 1.165) is 11.1 Å². The van der Waals surface area contributed by atoms with Crippen LogP contribution in [0.5, 0.6) is 0 Å². The van der Waals surface area contributed by atoms with Crippen molar-refractivity contribution in [1.29, 1.82) is 0 Å². The van der Waals surface area contributed by atoms with E-state index in [2.05, 4.69) is 10.6 Å². The van der Waals surface area contributed by atoms with Gasteiger partial charge in [-0.05, 0) is 77.1 Å². The van der Waals surface area contributed by atoms with Gasteiger partial charge in [0.2, 0.25) is 5.91 Å². The molecular weight excluding hydrogens is 356 g/mol. The van der Waals surface area contributed by atoms with Crippen LogP contribution in [0.15, 0.2) is 29.8 Å². The Morgan fingerprint density at radius 2 is 1.86 bits per heavy atom. The normalized spacial score (nSPS) is 12.2. The number of unbranched alkanes of at least 4 members (excludes halogenated alkanes) is 1. The van der Waals surface area contributed by atoms with Crippen molar-refractivity contribution in [1.82, 2.24) is 10.6 Å². The van der Waals surface area contributed by atoms with Crippen LogP contribution in [0.3, 0.4) is 0 Å². The largest absolute Gasteiger partial charge is 0.464 e. The van der Waals surface area contributed by atoms with E-state index in [-0.39, 0.29) is 18.4 Å². The molecule has 1 atom stereocenters. The molecule has 0 aliphatic heterocycles. The zero-order valence-corrected chi connectivity index (χ0v) is 17.6. The molecule has 0 spiro atoms. The summed E-state index contributed by atoms with van der Waals surface area (Å²) in [6, 6.07) is 4.94.